The molecule has 5 nitrogen and oxygen atoms in total. The van der Waals surface area contributed by atoms with Gasteiger partial charge in [0.25, 0.3) is 0 Å². The summed E-state index contributed by atoms with van der Waals surface area (Å²) in [5, 5.41) is 0. The predicted octanol–water partition coefficient (Wildman–Crippen LogP) is 1.77. The number of rotatable bonds is 1. The van der Waals surface area contributed by atoms with E-state index in [0.717, 1.165) is 5.56 Å². The molecular weight excluding hydrogens is 262 g/mol. The van der Waals surface area contributed by atoms with Gasteiger partial charge in [-0.15, -0.1) is 0 Å². The molecule has 1 aliphatic rings. The molecule has 1 aromatic rings. The SMILES string of the molecule is CC(C)(C)c1cc(C(C)(C)C)cc(C2(N)N=C(N)NN2)c1. The number of hydrogen-bond acceptors (Lipinski definition) is 5. The van der Waals surface area contributed by atoms with Crippen molar-refractivity contribution >= 4 is 5.96 Å². The number of nitrogens with zero attached hydrogens (tertiary/aromatic N) is 1. The van der Waals surface area contributed by atoms with Crippen LogP contribution in [0.15, 0.2) is 23.2 Å². The van der Waals surface area contributed by atoms with Gasteiger partial charge in [-0.2, -0.15) is 5.43 Å². The Kier molecular flexibility index (Phi) is 3.54. The first-order chi connectivity index (χ1) is 9.42. The molecule has 0 spiro atoms. The van der Waals surface area contributed by atoms with Crippen LogP contribution in [-0.4, -0.2) is 5.96 Å². The van der Waals surface area contributed by atoms with Crippen molar-refractivity contribution in [3.05, 3.63) is 34.9 Å². The largest absolute Gasteiger partial charge is 0.369 e. The Morgan fingerprint density at radius 1 is 0.952 bits per heavy atom. The highest BCUT2D eigenvalue weighted by Crippen LogP contribution is 2.33. The van der Waals surface area contributed by atoms with Crippen molar-refractivity contribution in [1.82, 2.24) is 10.9 Å². The minimum atomic E-state index is -1.02. The maximum atomic E-state index is 6.35. The number of nitrogens with one attached hydrogen (secondary N) is 2. The monoisotopic (exact) mass is 289 g/mol. The molecular formula is C16H27N5. The molecule has 21 heavy (non-hydrogen) atoms. The van der Waals surface area contributed by atoms with Crippen LogP contribution in [0, 0.1) is 0 Å². The van der Waals surface area contributed by atoms with Crippen molar-refractivity contribution in [2.24, 2.45) is 16.5 Å². The average molecular weight is 289 g/mol. The summed E-state index contributed by atoms with van der Waals surface area (Å²) in [6.45, 7) is 13.2. The van der Waals surface area contributed by atoms with E-state index in [1.165, 1.54) is 11.1 Å². The van der Waals surface area contributed by atoms with Gasteiger partial charge >= 0.3 is 0 Å². The number of aliphatic imine (C=N–C) groups is 1. The van der Waals surface area contributed by atoms with Crippen LogP contribution < -0.4 is 22.3 Å². The Hall–Kier alpha value is -1.59. The summed E-state index contributed by atoms with van der Waals surface area (Å²) >= 11 is 0. The van der Waals surface area contributed by atoms with Gasteiger partial charge in [0.2, 0.25) is 11.7 Å². The van der Waals surface area contributed by atoms with Crippen LogP contribution in [0.5, 0.6) is 0 Å². The van der Waals surface area contributed by atoms with Crippen molar-refractivity contribution in [3.8, 4) is 0 Å². The third-order valence-electron chi connectivity index (χ3n) is 3.78. The van der Waals surface area contributed by atoms with Gasteiger partial charge in [0.05, 0.1) is 0 Å². The molecule has 1 aliphatic heterocycles. The molecule has 0 aliphatic carbocycles. The molecule has 0 fully saturated rings. The topological polar surface area (TPSA) is 88.5 Å². The van der Waals surface area contributed by atoms with Crippen molar-refractivity contribution in [3.63, 3.8) is 0 Å². The molecule has 1 aromatic carbocycles. The minimum Gasteiger partial charge on any atom is -0.369 e. The first kappa shape index (κ1) is 15.8. The fraction of sp³-hybridized carbons (Fsp3) is 0.562. The number of hydrazine groups is 1. The number of guanidine groups is 1. The van der Waals surface area contributed by atoms with Crippen LogP contribution in [0.4, 0.5) is 0 Å². The lowest BCUT2D eigenvalue weighted by Gasteiger charge is -2.29. The van der Waals surface area contributed by atoms with E-state index >= 15 is 0 Å². The molecule has 116 valence electrons. The van der Waals surface area contributed by atoms with E-state index in [1.807, 2.05) is 0 Å². The normalized spacial score (nSPS) is 22.9. The lowest BCUT2D eigenvalue weighted by atomic mass is 9.79. The lowest BCUT2D eigenvalue weighted by Crippen LogP contribution is -2.50. The molecule has 1 unspecified atom stereocenters. The van der Waals surface area contributed by atoms with Gasteiger partial charge in [-0.3, -0.25) is 11.2 Å². The van der Waals surface area contributed by atoms with E-state index in [-0.39, 0.29) is 10.8 Å². The van der Waals surface area contributed by atoms with E-state index in [4.69, 9.17) is 11.5 Å². The smallest absolute Gasteiger partial charge is 0.209 e. The molecule has 0 saturated heterocycles. The van der Waals surface area contributed by atoms with Gasteiger partial charge in [-0.1, -0.05) is 47.6 Å². The summed E-state index contributed by atoms with van der Waals surface area (Å²) in [6, 6.07) is 6.46. The molecule has 0 amide bonds. The van der Waals surface area contributed by atoms with E-state index in [9.17, 15) is 0 Å². The summed E-state index contributed by atoms with van der Waals surface area (Å²) in [4.78, 5) is 4.29. The van der Waals surface area contributed by atoms with Crippen molar-refractivity contribution in [2.45, 2.75) is 58.2 Å². The molecule has 5 heteroatoms. The van der Waals surface area contributed by atoms with E-state index < -0.39 is 5.79 Å². The second-order valence-electron chi connectivity index (χ2n) is 7.81. The van der Waals surface area contributed by atoms with Crippen LogP contribution in [0.1, 0.15) is 58.2 Å². The second kappa shape index (κ2) is 4.71. The highest BCUT2D eigenvalue weighted by Gasteiger charge is 2.33. The minimum absolute atomic E-state index is 0.0354. The number of benzene rings is 1. The first-order valence-electron chi connectivity index (χ1n) is 7.26. The zero-order chi connectivity index (χ0) is 16.1. The van der Waals surface area contributed by atoms with E-state index in [0.29, 0.717) is 5.96 Å². The Bertz CT molecular complexity index is 545. The van der Waals surface area contributed by atoms with E-state index in [2.05, 4.69) is 75.6 Å². The van der Waals surface area contributed by atoms with Crippen molar-refractivity contribution < 1.29 is 0 Å². The van der Waals surface area contributed by atoms with Crippen LogP contribution in [0.2, 0.25) is 0 Å². The molecule has 0 saturated carbocycles. The molecule has 0 radical (unpaired) electrons. The summed E-state index contributed by atoms with van der Waals surface area (Å²) in [5.41, 5.74) is 21.2. The van der Waals surface area contributed by atoms with Gasteiger partial charge in [0, 0.05) is 5.56 Å². The van der Waals surface area contributed by atoms with Crippen molar-refractivity contribution in [1.29, 1.82) is 0 Å². The van der Waals surface area contributed by atoms with Crippen LogP contribution in [0.3, 0.4) is 0 Å². The zero-order valence-electron chi connectivity index (χ0n) is 13.8. The van der Waals surface area contributed by atoms with Gasteiger partial charge < -0.3 is 5.73 Å². The quantitative estimate of drug-likeness (QED) is 0.634. The summed E-state index contributed by atoms with van der Waals surface area (Å²) in [5.74, 6) is -0.721. The van der Waals surface area contributed by atoms with Crippen LogP contribution in [0.25, 0.3) is 0 Å². The fourth-order valence-electron chi connectivity index (χ4n) is 2.26. The zero-order valence-corrected chi connectivity index (χ0v) is 13.8. The molecule has 1 heterocycles. The number of hydrogen-bond donors (Lipinski definition) is 4. The third kappa shape index (κ3) is 3.19. The predicted molar refractivity (Wildman–Crippen MR) is 87.6 cm³/mol. The first-order valence-corrected chi connectivity index (χ1v) is 7.26. The van der Waals surface area contributed by atoms with Crippen LogP contribution >= 0.6 is 0 Å². The fourth-order valence-corrected chi connectivity index (χ4v) is 2.26. The summed E-state index contributed by atoms with van der Waals surface area (Å²) in [6.07, 6.45) is 0. The average Bonchev–Trinajstić information content (AvgIpc) is 2.68. The Morgan fingerprint density at radius 2 is 1.43 bits per heavy atom. The molecule has 0 aromatic heterocycles. The number of nitrogens with two attached hydrogens (primary N) is 2. The third-order valence-corrected chi connectivity index (χ3v) is 3.78. The maximum Gasteiger partial charge on any atom is 0.209 e. The molecule has 6 N–H and O–H groups in total. The van der Waals surface area contributed by atoms with Gasteiger partial charge in [-0.05, 0) is 34.1 Å². The Morgan fingerprint density at radius 3 is 1.76 bits per heavy atom. The lowest BCUT2D eigenvalue weighted by molar-refractivity contribution is 0.373. The van der Waals surface area contributed by atoms with Gasteiger partial charge in [-0.25, -0.2) is 4.99 Å². The Balaban J connectivity index is 2.62. The van der Waals surface area contributed by atoms with E-state index in [1.54, 1.807) is 0 Å². The van der Waals surface area contributed by atoms with Crippen molar-refractivity contribution in [2.75, 3.05) is 0 Å². The molecule has 2 rings (SSSR count). The molecule has 0 bridgehead atoms. The summed E-state index contributed by atoms with van der Waals surface area (Å²) in [7, 11) is 0. The highest BCUT2D eigenvalue weighted by atomic mass is 15.6. The van der Waals surface area contributed by atoms with Gasteiger partial charge in [0.15, 0.2) is 0 Å². The van der Waals surface area contributed by atoms with Gasteiger partial charge in [0.1, 0.15) is 0 Å². The second-order valence-corrected chi connectivity index (χ2v) is 7.81. The molecule has 1 atom stereocenters. The Labute approximate surface area is 127 Å². The standard InChI is InChI=1S/C16H27N5/c1-14(2,3)10-7-11(15(4,5)6)9-12(8-10)16(18)19-13(17)20-21-16/h7-9,21H,18H2,1-6H3,(H3,17,19,20). The highest BCUT2D eigenvalue weighted by molar-refractivity contribution is 5.79. The van der Waals surface area contributed by atoms with Crippen LogP contribution in [-0.2, 0) is 16.6 Å². The maximum absolute atomic E-state index is 6.35. The summed E-state index contributed by atoms with van der Waals surface area (Å²) < 4.78 is 0.